The van der Waals surface area contributed by atoms with Gasteiger partial charge in [0, 0.05) is 24.8 Å². The Bertz CT molecular complexity index is 939. The van der Waals surface area contributed by atoms with Crippen LogP contribution in [-0.2, 0) is 5.41 Å². The van der Waals surface area contributed by atoms with Gasteiger partial charge in [-0.3, -0.25) is 5.32 Å². The molecule has 2 N–H and O–H groups in total. The summed E-state index contributed by atoms with van der Waals surface area (Å²) >= 11 is 0. The molecule has 2 aliphatic rings. The van der Waals surface area contributed by atoms with Gasteiger partial charge in [-0.2, -0.15) is 4.65 Å². The number of hydrogen-bond donors (Lipinski definition) is 2. The molecule has 0 saturated carbocycles. The number of carbonyl (C=O) groups excluding carboxylic acids is 1. The lowest BCUT2D eigenvalue weighted by molar-refractivity contribution is -1.10. The topological polar surface area (TPSA) is 61.8 Å². The van der Waals surface area contributed by atoms with Crippen molar-refractivity contribution in [1.82, 2.24) is 0 Å². The molecule has 2 heterocycles. The molecule has 4 rings (SSSR count). The molecule has 29 heavy (non-hydrogen) atoms. The minimum absolute atomic E-state index is 0.0231. The van der Waals surface area contributed by atoms with Gasteiger partial charge < -0.3 is 9.64 Å². The predicted octanol–water partition coefficient (Wildman–Crippen LogP) is 4.69. The summed E-state index contributed by atoms with van der Waals surface area (Å²) in [5, 5.41) is 13.6. The van der Waals surface area contributed by atoms with Gasteiger partial charge >= 0.3 is 6.09 Å². The zero-order valence-corrected chi connectivity index (χ0v) is 17.8. The number of hydroxylamine groups is 3. The average Bonchev–Trinajstić information content (AvgIpc) is 3.04. The number of likely N-dealkylation sites (tertiary alicyclic amines) is 1. The quantitative estimate of drug-likeness (QED) is 0.739. The molecule has 1 fully saturated rings. The standard InChI is InChI=1S/C23H29N3O3/c1-15(2)16-6-8-17(9-7-16)24-22(27)29-18-10-11-20-19(14-18)23(3)12-13-26(5,28)21(23)25(20)4/h6-11,14-15,21,28H,12-13H2,1-5H3/p+1/t21-,23-,26?/m0/s1. The van der Waals surface area contributed by atoms with E-state index in [4.69, 9.17) is 4.74 Å². The molecular formula is C23H30N3O3+. The first-order chi connectivity index (χ1) is 13.6. The molecule has 0 aromatic heterocycles. The van der Waals surface area contributed by atoms with E-state index in [-0.39, 0.29) is 16.2 Å². The van der Waals surface area contributed by atoms with Gasteiger partial charge in [-0.05, 0) is 54.3 Å². The fourth-order valence-electron chi connectivity index (χ4n) is 5.08. The minimum atomic E-state index is -0.510. The Hall–Kier alpha value is -2.57. The minimum Gasteiger partial charge on any atom is -0.410 e. The van der Waals surface area contributed by atoms with Gasteiger partial charge in [-0.1, -0.05) is 26.0 Å². The van der Waals surface area contributed by atoms with Crippen molar-refractivity contribution < 1.29 is 19.4 Å². The number of hydrogen-bond acceptors (Lipinski definition) is 4. The summed E-state index contributed by atoms with van der Waals surface area (Å²) < 4.78 is 5.54. The number of nitrogens with one attached hydrogen (secondary N) is 1. The Kier molecular flexibility index (Phi) is 4.59. The molecule has 0 spiro atoms. The van der Waals surface area contributed by atoms with E-state index in [1.807, 2.05) is 56.6 Å². The van der Waals surface area contributed by atoms with E-state index >= 15 is 0 Å². The second-order valence-electron chi connectivity index (χ2n) is 9.06. The van der Waals surface area contributed by atoms with Crippen LogP contribution in [0, 0.1) is 0 Å². The lowest BCUT2D eigenvalue weighted by Crippen LogP contribution is -2.56. The van der Waals surface area contributed by atoms with E-state index in [1.54, 1.807) is 0 Å². The van der Waals surface area contributed by atoms with E-state index in [2.05, 4.69) is 31.0 Å². The van der Waals surface area contributed by atoms with Crippen LogP contribution in [0.15, 0.2) is 42.5 Å². The lowest BCUT2D eigenvalue weighted by atomic mass is 9.81. The SMILES string of the molecule is CC(C)c1ccc(NC(=O)Oc2ccc3c(c2)[C@]2(C)CC[N+](C)(O)[C@@H]2N3C)cc1. The average molecular weight is 397 g/mol. The zero-order valence-electron chi connectivity index (χ0n) is 17.8. The molecule has 154 valence electrons. The maximum absolute atomic E-state index is 12.4. The molecule has 0 radical (unpaired) electrons. The van der Waals surface area contributed by atoms with Crippen molar-refractivity contribution in [3.63, 3.8) is 0 Å². The first kappa shape index (κ1) is 19.7. The highest BCUT2D eigenvalue weighted by Gasteiger charge is 2.61. The highest BCUT2D eigenvalue weighted by atomic mass is 16.6. The number of nitrogens with zero attached hydrogens (tertiary/aromatic N) is 2. The Balaban J connectivity index is 1.51. The van der Waals surface area contributed by atoms with Gasteiger partial charge in [0.15, 0.2) is 0 Å². The number of carbonyl (C=O) groups is 1. The normalized spacial score (nSPS) is 27.7. The van der Waals surface area contributed by atoms with Crippen LogP contribution in [-0.4, -0.2) is 42.8 Å². The monoisotopic (exact) mass is 396 g/mol. The summed E-state index contributed by atoms with van der Waals surface area (Å²) in [5.74, 6) is 0.954. The number of quaternary nitrogens is 1. The molecule has 2 aromatic carbocycles. The third-order valence-electron chi connectivity index (χ3n) is 6.55. The maximum atomic E-state index is 12.4. The number of benzene rings is 2. The molecule has 1 saturated heterocycles. The van der Waals surface area contributed by atoms with Crippen LogP contribution in [0.4, 0.5) is 16.2 Å². The van der Waals surface area contributed by atoms with Crippen LogP contribution in [0.3, 0.4) is 0 Å². The molecule has 6 heteroatoms. The molecule has 3 atom stereocenters. The van der Waals surface area contributed by atoms with Crippen LogP contribution < -0.4 is 15.0 Å². The molecule has 1 amide bonds. The smallest absolute Gasteiger partial charge is 0.410 e. The molecular weight excluding hydrogens is 366 g/mol. The van der Waals surface area contributed by atoms with Crippen molar-refractivity contribution in [2.24, 2.45) is 0 Å². The summed E-state index contributed by atoms with van der Waals surface area (Å²) in [6, 6.07) is 13.5. The van der Waals surface area contributed by atoms with Crippen LogP contribution >= 0.6 is 0 Å². The van der Waals surface area contributed by atoms with E-state index in [0.29, 0.717) is 23.9 Å². The van der Waals surface area contributed by atoms with Gasteiger partial charge in [-0.15, -0.1) is 0 Å². The van der Waals surface area contributed by atoms with E-state index < -0.39 is 6.09 Å². The Morgan fingerprint density at radius 3 is 2.62 bits per heavy atom. The summed E-state index contributed by atoms with van der Waals surface area (Å²) in [5.41, 5.74) is 3.94. The van der Waals surface area contributed by atoms with Gasteiger partial charge in [-0.25, -0.2) is 10.0 Å². The van der Waals surface area contributed by atoms with Gasteiger partial charge in [0.1, 0.15) is 19.3 Å². The zero-order chi connectivity index (χ0) is 21.0. The van der Waals surface area contributed by atoms with Gasteiger partial charge in [0.2, 0.25) is 6.17 Å². The van der Waals surface area contributed by atoms with E-state index in [9.17, 15) is 10.0 Å². The number of anilines is 2. The summed E-state index contributed by atoms with van der Waals surface area (Å²) in [6.07, 6.45) is 0.324. The second kappa shape index (κ2) is 6.75. The van der Waals surface area contributed by atoms with Crippen LogP contribution in [0.1, 0.15) is 44.2 Å². The molecule has 2 aromatic rings. The fraction of sp³-hybridized carbons (Fsp3) is 0.435. The van der Waals surface area contributed by atoms with Crippen molar-refractivity contribution in [2.75, 3.05) is 30.9 Å². The van der Waals surface area contributed by atoms with Crippen LogP contribution in [0.5, 0.6) is 5.75 Å². The van der Waals surface area contributed by atoms with E-state index in [1.165, 1.54) is 5.56 Å². The number of amides is 1. The first-order valence-electron chi connectivity index (χ1n) is 10.2. The van der Waals surface area contributed by atoms with Crippen molar-refractivity contribution in [3.05, 3.63) is 53.6 Å². The summed E-state index contributed by atoms with van der Waals surface area (Å²) in [4.78, 5) is 14.5. The molecule has 6 nitrogen and oxygen atoms in total. The molecule has 1 unspecified atom stereocenters. The van der Waals surface area contributed by atoms with Crippen molar-refractivity contribution in [1.29, 1.82) is 0 Å². The Morgan fingerprint density at radius 2 is 1.97 bits per heavy atom. The first-order valence-corrected chi connectivity index (χ1v) is 10.2. The number of rotatable bonds is 3. The van der Waals surface area contributed by atoms with Crippen LogP contribution in [0.25, 0.3) is 0 Å². The summed E-state index contributed by atoms with van der Waals surface area (Å²) in [6.45, 7) is 7.15. The lowest BCUT2D eigenvalue weighted by Gasteiger charge is -2.34. The Morgan fingerprint density at radius 1 is 1.28 bits per heavy atom. The molecule has 0 bridgehead atoms. The highest BCUT2D eigenvalue weighted by Crippen LogP contribution is 2.53. The Labute approximate surface area is 172 Å². The number of likely N-dealkylation sites (N-methyl/N-ethyl adjacent to an activating group) is 2. The third-order valence-corrected chi connectivity index (χ3v) is 6.55. The van der Waals surface area contributed by atoms with E-state index in [0.717, 1.165) is 17.7 Å². The third kappa shape index (κ3) is 3.26. The van der Waals surface area contributed by atoms with Crippen molar-refractivity contribution >= 4 is 17.5 Å². The maximum Gasteiger partial charge on any atom is 0.417 e. The van der Waals surface area contributed by atoms with Gasteiger partial charge in [0.05, 0.1) is 5.41 Å². The fourth-order valence-corrected chi connectivity index (χ4v) is 5.08. The van der Waals surface area contributed by atoms with Crippen molar-refractivity contribution in [2.45, 2.75) is 44.7 Å². The molecule has 2 aliphatic heterocycles. The highest BCUT2D eigenvalue weighted by molar-refractivity contribution is 5.86. The second-order valence-corrected chi connectivity index (χ2v) is 9.06. The van der Waals surface area contributed by atoms with Crippen LogP contribution in [0.2, 0.25) is 0 Å². The molecule has 0 aliphatic carbocycles. The number of fused-ring (bicyclic) bond motifs is 3. The van der Waals surface area contributed by atoms with Gasteiger partial charge in [0.25, 0.3) is 0 Å². The van der Waals surface area contributed by atoms with Crippen molar-refractivity contribution in [3.8, 4) is 5.75 Å². The predicted molar refractivity (Wildman–Crippen MR) is 114 cm³/mol. The largest absolute Gasteiger partial charge is 0.417 e. The summed E-state index contributed by atoms with van der Waals surface area (Å²) in [7, 11) is 3.87. The number of ether oxygens (including phenoxy) is 1.